The van der Waals surface area contributed by atoms with E-state index in [0.717, 1.165) is 6.42 Å². The van der Waals surface area contributed by atoms with Gasteiger partial charge in [0.2, 0.25) is 0 Å². The van der Waals surface area contributed by atoms with E-state index in [2.05, 4.69) is 0 Å². The van der Waals surface area contributed by atoms with E-state index in [4.69, 9.17) is 14.6 Å². The fourth-order valence-electron chi connectivity index (χ4n) is 0.750. The quantitative estimate of drug-likeness (QED) is 0.509. The van der Waals surface area contributed by atoms with Crippen molar-refractivity contribution in [1.29, 1.82) is 0 Å². The summed E-state index contributed by atoms with van der Waals surface area (Å²) in [6.07, 6.45) is -0.0264. The number of hydrogen-bond acceptors (Lipinski definition) is 3. The molecule has 1 rings (SSSR count). The zero-order valence-electron chi connectivity index (χ0n) is 5.54. The van der Waals surface area contributed by atoms with Gasteiger partial charge in [0.05, 0.1) is 6.61 Å². The van der Waals surface area contributed by atoms with Gasteiger partial charge >= 0.3 is 0 Å². The molecule has 0 aromatic carbocycles. The Bertz CT molecular complexity index is 74.4. The van der Waals surface area contributed by atoms with Crippen molar-refractivity contribution in [3.8, 4) is 0 Å². The molecular formula is C6H12O3. The Labute approximate surface area is 54.6 Å². The van der Waals surface area contributed by atoms with Crippen LogP contribution in [-0.4, -0.2) is 30.7 Å². The number of ether oxygens (including phenoxy) is 2. The smallest absolute Gasteiger partial charge is 0.180 e. The van der Waals surface area contributed by atoms with Crippen LogP contribution in [0, 0.1) is 0 Å². The Hall–Kier alpha value is -0.120. The minimum Gasteiger partial charge on any atom is -0.373 e. The Morgan fingerprint density at radius 1 is 1.33 bits per heavy atom. The van der Waals surface area contributed by atoms with Gasteiger partial charge in [0, 0.05) is 6.61 Å². The second-order valence-corrected chi connectivity index (χ2v) is 2.19. The SMILES string of the molecule is CC1OCCCOC1O. The van der Waals surface area contributed by atoms with Gasteiger partial charge in [-0.3, -0.25) is 0 Å². The van der Waals surface area contributed by atoms with E-state index in [9.17, 15) is 0 Å². The molecule has 0 aromatic rings. The van der Waals surface area contributed by atoms with E-state index in [1.165, 1.54) is 0 Å². The third-order valence-corrected chi connectivity index (χ3v) is 1.36. The predicted octanol–water partition coefficient (Wildman–Crippen LogP) is 0.130. The molecule has 0 saturated carbocycles. The lowest BCUT2D eigenvalue weighted by Crippen LogP contribution is -2.26. The van der Waals surface area contributed by atoms with Gasteiger partial charge in [0.1, 0.15) is 6.10 Å². The minimum absolute atomic E-state index is 0.174. The lowest BCUT2D eigenvalue weighted by atomic mass is 10.4. The Morgan fingerprint density at radius 3 is 2.78 bits per heavy atom. The van der Waals surface area contributed by atoms with Gasteiger partial charge in [-0.15, -0.1) is 0 Å². The van der Waals surface area contributed by atoms with Gasteiger partial charge in [0.25, 0.3) is 0 Å². The van der Waals surface area contributed by atoms with Gasteiger partial charge in [-0.2, -0.15) is 0 Å². The van der Waals surface area contributed by atoms with Crippen LogP contribution in [-0.2, 0) is 9.47 Å². The Kier molecular flexibility index (Phi) is 2.45. The van der Waals surface area contributed by atoms with Crippen LogP contribution in [0.4, 0.5) is 0 Å². The lowest BCUT2D eigenvalue weighted by molar-refractivity contribution is -0.149. The molecule has 1 fully saturated rings. The summed E-state index contributed by atoms with van der Waals surface area (Å²) in [7, 11) is 0. The topological polar surface area (TPSA) is 38.7 Å². The summed E-state index contributed by atoms with van der Waals surface area (Å²) in [5.74, 6) is 0. The van der Waals surface area contributed by atoms with Crippen molar-refractivity contribution in [3.63, 3.8) is 0 Å². The summed E-state index contributed by atoms with van der Waals surface area (Å²) in [5.41, 5.74) is 0. The number of rotatable bonds is 0. The van der Waals surface area contributed by atoms with Crippen LogP contribution >= 0.6 is 0 Å². The summed E-state index contributed by atoms with van der Waals surface area (Å²) >= 11 is 0. The molecule has 0 aliphatic carbocycles. The predicted molar refractivity (Wildman–Crippen MR) is 32.0 cm³/mol. The van der Waals surface area contributed by atoms with Crippen LogP contribution in [0.3, 0.4) is 0 Å². The normalized spacial score (nSPS) is 38.0. The van der Waals surface area contributed by atoms with Crippen molar-refractivity contribution in [2.24, 2.45) is 0 Å². The zero-order chi connectivity index (χ0) is 6.69. The monoisotopic (exact) mass is 132 g/mol. The van der Waals surface area contributed by atoms with Gasteiger partial charge in [0.15, 0.2) is 6.29 Å². The van der Waals surface area contributed by atoms with Crippen molar-refractivity contribution in [3.05, 3.63) is 0 Å². The molecule has 0 bridgehead atoms. The highest BCUT2D eigenvalue weighted by atomic mass is 16.6. The second kappa shape index (κ2) is 3.15. The van der Waals surface area contributed by atoms with Gasteiger partial charge in [-0.05, 0) is 13.3 Å². The molecule has 54 valence electrons. The van der Waals surface area contributed by atoms with E-state index >= 15 is 0 Å². The molecule has 3 nitrogen and oxygen atoms in total. The first-order valence-electron chi connectivity index (χ1n) is 3.22. The molecule has 1 aliphatic heterocycles. The molecule has 9 heavy (non-hydrogen) atoms. The summed E-state index contributed by atoms with van der Waals surface area (Å²) in [4.78, 5) is 0. The first-order chi connectivity index (χ1) is 4.30. The molecule has 0 amide bonds. The van der Waals surface area contributed by atoms with Crippen molar-refractivity contribution < 1.29 is 14.6 Å². The van der Waals surface area contributed by atoms with E-state index in [0.29, 0.717) is 13.2 Å². The van der Waals surface area contributed by atoms with Crippen LogP contribution in [0.25, 0.3) is 0 Å². The first-order valence-corrected chi connectivity index (χ1v) is 3.22. The van der Waals surface area contributed by atoms with E-state index in [1.807, 2.05) is 0 Å². The third-order valence-electron chi connectivity index (χ3n) is 1.36. The molecule has 0 radical (unpaired) electrons. The summed E-state index contributed by atoms with van der Waals surface area (Å²) in [5, 5.41) is 9.01. The summed E-state index contributed by atoms with van der Waals surface area (Å²) in [6, 6.07) is 0. The Balaban J connectivity index is 2.32. The van der Waals surface area contributed by atoms with Crippen molar-refractivity contribution in [2.45, 2.75) is 25.7 Å². The van der Waals surface area contributed by atoms with Gasteiger partial charge in [-0.25, -0.2) is 0 Å². The van der Waals surface area contributed by atoms with E-state index in [1.54, 1.807) is 6.92 Å². The maximum absolute atomic E-state index is 9.01. The molecule has 2 atom stereocenters. The van der Waals surface area contributed by atoms with Gasteiger partial charge in [-0.1, -0.05) is 0 Å². The van der Waals surface area contributed by atoms with Gasteiger partial charge < -0.3 is 14.6 Å². The number of hydrogen-bond donors (Lipinski definition) is 1. The maximum atomic E-state index is 9.01. The molecule has 3 heteroatoms. The minimum atomic E-state index is -0.729. The largest absolute Gasteiger partial charge is 0.373 e. The van der Waals surface area contributed by atoms with Crippen molar-refractivity contribution in [1.82, 2.24) is 0 Å². The highest BCUT2D eigenvalue weighted by molar-refractivity contribution is 4.56. The maximum Gasteiger partial charge on any atom is 0.180 e. The third kappa shape index (κ3) is 1.93. The summed E-state index contributed by atoms with van der Waals surface area (Å²) < 4.78 is 10.1. The molecule has 0 spiro atoms. The van der Waals surface area contributed by atoms with E-state index in [-0.39, 0.29) is 6.10 Å². The molecule has 1 saturated heterocycles. The molecular weight excluding hydrogens is 120 g/mol. The van der Waals surface area contributed by atoms with Crippen LogP contribution in [0.15, 0.2) is 0 Å². The zero-order valence-corrected chi connectivity index (χ0v) is 5.54. The van der Waals surface area contributed by atoms with Crippen molar-refractivity contribution >= 4 is 0 Å². The number of aliphatic hydroxyl groups is 1. The fourth-order valence-corrected chi connectivity index (χ4v) is 0.750. The summed E-state index contributed by atoms with van der Waals surface area (Å²) in [6.45, 7) is 3.10. The highest BCUT2D eigenvalue weighted by Crippen LogP contribution is 2.05. The Morgan fingerprint density at radius 2 is 2.00 bits per heavy atom. The standard InChI is InChI=1S/C6H12O3/c1-5-6(7)9-4-2-3-8-5/h5-7H,2-4H2,1H3. The lowest BCUT2D eigenvalue weighted by Gasteiger charge is -2.14. The van der Waals surface area contributed by atoms with E-state index < -0.39 is 6.29 Å². The highest BCUT2D eigenvalue weighted by Gasteiger charge is 2.17. The number of aliphatic hydroxyl groups excluding tert-OH is 1. The molecule has 1 heterocycles. The van der Waals surface area contributed by atoms with Crippen LogP contribution in [0.1, 0.15) is 13.3 Å². The van der Waals surface area contributed by atoms with Crippen molar-refractivity contribution in [2.75, 3.05) is 13.2 Å². The molecule has 1 N–H and O–H groups in total. The average molecular weight is 132 g/mol. The first kappa shape index (κ1) is 6.99. The molecule has 0 aromatic heterocycles. The molecule has 2 unspecified atom stereocenters. The van der Waals surface area contributed by atoms with Crippen LogP contribution in [0.2, 0.25) is 0 Å². The average Bonchev–Trinajstić information content (AvgIpc) is 1.99. The van der Waals surface area contributed by atoms with Crippen LogP contribution in [0.5, 0.6) is 0 Å². The van der Waals surface area contributed by atoms with Crippen LogP contribution < -0.4 is 0 Å². The molecule has 1 aliphatic rings. The fraction of sp³-hybridized carbons (Fsp3) is 1.00. The second-order valence-electron chi connectivity index (χ2n) is 2.19.